The third-order valence-electron chi connectivity index (χ3n) is 2.21. The van der Waals surface area contributed by atoms with E-state index in [2.05, 4.69) is 11.9 Å². The second-order valence-corrected chi connectivity index (χ2v) is 15.6. The van der Waals surface area contributed by atoms with Gasteiger partial charge in [-0.15, -0.1) is 0 Å². The Balaban J connectivity index is 2.28. The third kappa shape index (κ3) is 4.58. The van der Waals surface area contributed by atoms with Crippen molar-refractivity contribution in [2.24, 2.45) is 0 Å². The summed E-state index contributed by atoms with van der Waals surface area (Å²) in [5.74, 6) is 0. The van der Waals surface area contributed by atoms with Crippen LogP contribution in [0.4, 0.5) is 0 Å². The molecule has 0 aromatic carbocycles. The molecule has 2 nitrogen and oxygen atoms in total. The zero-order valence-corrected chi connectivity index (χ0v) is 15.8. The van der Waals surface area contributed by atoms with E-state index in [0.29, 0.717) is 6.10 Å². The first kappa shape index (κ1) is 12.4. The Morgan fingerprint density at radius 2 is 2.00 bits per heavy atom. The van der Waals surface area contributed by atoms with Gasteiger partial charge in [-0.05, 0) is 0 Å². The molecule has 1 aliphatic rings. The molecule has 2 atom stereocenters. The third-order valence-corrected chi connectivity index (χ3v) is 14.7. The fourth-order valence-electron chi connectivity index (χ4n) is 1.51. The van der Waals surface area contributed by atoms with Gasteiger partial charge in [-0.1, -0.05) is 0 Å². The van der Waals surface area contributed by atoms with E-state index >= 15 is 0 Å². The molecule has 0 bridgehead atoms. The van der Waals surface area contributed by atoms with Crippen LogP contribution in [0.25, 0.3) is 0 Å². The Hall–Kier alpha value is 1.34. The summed E-state index contributed by atoms with van der Waals surface area (Å²) >= 11 is 2.93. The van der Waals surface area contributed by atoms with Crippen molar-refractivity contribution in [3.05, 3.63) is 0 Å². The summed E-state index contributed by atoms with van der Waals surface area (Å²) in [6.07, 6.45) is 4.24. The topological polar surface area (TPSA) is 18.5 Å². The SMILES string of the molecule is CC(C)(C)OO[C@@H]1CCC[C@H]1[Hg][Br]. The van der Waals surface area contributed by atoms with E-state index in [9.17, 15) is 0 Å². The van der Waals surface area contributed by atoms with Crippen LogP contribution in [0.15, 0.2) is 0 Å². The average molecular weight is 438 g/mol. The normalized spacial score (nSPS) is 28.9. The first-order chi connectivity index (χ1) is 6.03. The Bertz CT molecular complexity index is 158. The minimum absolute atomic E-state index is 0.170. The standard InChI is InChI=1S/C9H17O2.BrH.Hg/c1-9(2,3)11-10-8-6-4-5-7-8;;/h6,8H,4-5,7H2,1-3H3;1H;/q;;+1/p-1/t8-;;/m0../s1. The average Bonchev–Trinajstić information content (AvgIpc) is 2.46. The van der Waals surface area contributed by atoms with Crippen molar-refractivity contribution in [2.45, 2.75) is 55.2 Å². The summed E-state index contributed by atoms with van der Waals surface area (Å²) in [6.45, 7) is 6.07. The van der Waals surface area contributed by atoms with Crippen molar-refractivity contribution < 1.29 is 31.9 Å². The zero-order chi connectivity index (χ0) is 9.90. The maximum atomic E-state index is 5.50. The van der Waals surface area contributed by atoms with Crippen LogP contribution in [0.3, 0.4) is 0 Å². The Morgan fingerprint density at radius 3 is 2.54 bits per heavy atom. The molecular formula is C9H17BrHgO2. The number of rotatable bonds is 3. The quantitative estimate of drug-likeness (QED) is 0.382. The summed E-state index contributed by atoms with van der Waals surface area (Å²) < 4.78 is 0.849. The van der Waals surface area contributed by atoms with Crippen LogP contribution < -0.4 is 0 Å². The molecule has 0 unspecified atom stereocenters. The van der Waals surface area contributed by atoms with Gasteiger partial charge in [-0.25, -0.2) is 0 Å². The van der Waals surface area contributed by atoms with Crippen LogP contribution in [0.2, 0.25) is 3.43 Å². The number of halogens is 1. The van der Waals surface area contributed by atoms with Crippen LogP contribution in [-0.4, -0.2) is 11.7 Å². The molecule has 0 heterocycles. The Labute approximate surface area is 98.4 Å². The van der Waals surface area contributed by atoms with Crippen LogP contribution in [0, 0.1) is 0 Å². The van der Waals surface area contributed by atoms with Gasteiger partial charge in [0.25, 0.3) is 0 Å². The summed E-state index contributed by atoms with van der Waals surface area (Å²) in [4.78, 5) is 10.9. The molecule has 0 N–H and O–H groups in total. The summed E-state index contributed by atoms with van der Waals surface area (Å²) in [5.41, 5.74) is -0.170. The molecule has 1 rings (SSSR count). The van der Waals surface area contributed by atoms with E-state index < -0.39 is 22.1 Å². The molecule has 1 aliphatic carbocycles. The minimum atomic E-state index is -0.793. The van der Waals surface area contributed by atoms with E-state index in [1.165, 1.54) is 19.3 Å². The van der Waals surface area contributed by atoms with E-state index in [1.54, 1.807) is 0 Å². The number of hydrogen-bond donors (Lipinski definition) is 0. The van der Waals surface area contributed by atoms with Crippen molar-refractivity contribution in [3.63, 3.8) is 0 Å². The van der Waals surface area contributed by atoms with Gasteiger partial charge < -0.3 is 0 Å². The molecule has 0 aromatic heterocycles. The predicted molar refractivity (Wildman–Crippen MR) is 52.2 cm³/mol. The summed E-state index contributed by atoms with van der Waals surface area (Å²) in [5, 5.41) is 0. The molecule has 0 saturated heterocycles. The Morgan fingerprint density at radius 1 is 1.31 bits per heavy atom. The van der Waals surface area contributed by atoms with Crippen molar-refractivity contribution in [3.8, 4) is 0 Å². The molecule has 1 saturated carbocycles. The number of hydrogen-bond acceptors (Lipinski definition) is 2. The van der Waals surface area contributed by atoms with Gasteiger partial charge >= 0.3 is 99.0 Å². The van der Waals surface area contributed by atoms with Gasteiger partial charge in [0, 0.05) is 0 Å². The zero-order valence-electron chi connectivity index (χ0n) is 8.68. The predicted octanol–water partition coefficient (Wildman–Crippen LogP) is 3.47. The fraction of sp³-hybridized carbons (Fsp3) is 1.00. The maximum absolute atomic E-state index is 5.50. The van der Waals surface area contributed by atoms with E-state index in [1.807, 2.05) is 20.8 Å². The second kappa shape index (κ2) is 5.43. The molecular weight excluding hydrogens is 421 g/mol. The van der Waals surface area contributed by atoms with Gasteiger partial charge in [-0.2, -0.15) is 0 Å². The van der Waals surface area contributed by atoms with Crippen LogP contribution >= 0.6 is 11.9 Å². The molecule has 13 heavy (non-hydrogen) atoms. The first-order valence-corrected chi connectivity index (χ1v) is 20.0. The van der Waals surface area contributed by atoms with E-state index in [-0.39, 0.29) is 5.60 Å². The molecule has 0 spiro atoms. The van der Waals surface area contributed by atoms with Gasteiger partial charge in [0.1, 0.15) is 0 Å². The summed E-state index contributed by atoms with van der Waals surface area (Å²) in [7, 11) is 0. The fourth-order valence-corrected chi connectivity index (χ4v) is 11.7. The van der Waals surface area contributed by atoms with E-state index in [4.69, 9.17) is 9.78 Å². The summed E-state index contributed by atoms with van der Waals surface area (Å²) in [6, 6.07) is 0. The van der Waals surface area contributed by atoms with Gasteiger partial charge in [0.2, 0.25) is 0 Å². The first-order valence-electron chi connectivity index (χ1n) is 4.93. The van der Waals surface area contributed by atoms with Gasteiger partial charge in [0.15, 0.2) is 0 Å². The van der Waals surface area contributed by atoms with Crippen molar-refractivity contribution >= 4 is 11.9 Å². The van der Waals surface area contributed by atoms with Crippen molar-refractivity contribution in [1.82, 2.24) is 0 Å². The molecule has 4 heteroatoms. The van der Waals surface area contributed by atoms with Crippen molar-refractivity contribution in [2.75, 3.05) is 0 Å². The van der Waals surface area contributed by atoms with Crippen LogP contribution in [-0.2, 0) is 31.9 Å². The monoisotopic (exact) mass is 438 g/mol. The van der Waals surface area contributed by atoms with Crippen LogP contribution in [0.5, 0.6) is 0 Å². The van der Waals surface area contributed by atoms with Gasteiger partial charge in [0.05, 0.1) is 0 Å². The van der Waals surface area contributed by atoms with E-state index in [0.717, 1.165) is 3.43 Å². The molecule has 0 amide bonds. The molecule has 1 fully saturated rings. The molecule has 0 aromatic rings. The molecule has 74 valence electrons. The Kier molecular flexibility index (Phi) is 5.18. The molecule has 0 aliphatic heterocycles. The molecule has 0 radical (unpaired) electrons. The van der Waals surface area contributed by atoms with Crippen LogP contribution in [0.1, 0.15) is 40.0 Å². The van der Waals surface area contributed by atoms with Gasteiger partial charge in [-0.3, -0.25) is 0 Å². The van der Waals surface area contributed by atoms with Crippen molar-refractivity contribution in [1.29, 1.82) is 0 Å². The second-order valence-electron chi connectivity index (χ2n) is 4.68.